The molecule has 53 heavy (non-hydrogen) atoms. The van der Waals surface area contributed by atoms with Crippen LogP contribution < -0.4 is 0 Å². The molecule has 246 valence electrons. The first-order valence-corrected chi connectivity index (χ1v) is 17.8. The summed E-state index contributed by atoms with van der Waals surface area (Å²) >= 11 is 0. The van der Waals surface area contributed by atoms with E-state index in [9.17, 15) is 0 Å². The minimum absolute atomic E-state index is 0.629. The fourth-order valence-electron chi connectivity index (χ4n) is 8.53. The number of hydrogen-bond acceptors (Lipinski definition) is 4. The molecule has 5 heterocycles. The third-order valence-electron chi connectivity index (χ3n) is 10.7. The van der Waals surface area contributed by atoms with Crippen LogP contribution in [0.15, 0.2) is 168 Å². The van der Waals surface area contributed by atoms with Crippen molar-refractivity contribution >= 4 is 76.6 Å². The average molecular weight is 678 g/mol. The van der Waals surface area contributed by atoms with Crippen molar-refractivity contribution in [1.82, 2.24) is 23.8 Å². The zero-order valence-corrected chi connectivity index (χ0v) is 28.2. The molecule has 0 saturated carbocycles. The van der Waals surface area contributed by atoms with Gasteiger partial charge < -0.3 is 8.82 Å². The molecule has 0 aliphatic heterocycles. The molecule has 0 fully saturated rings. The van der Waals surface area contributed by atoms with E-state index in [4.69, 9.17) is 19.4 Å². The van der Waals surface area contributed by atoms with E-state index < -0.39 is 0 Å². The largest absolute Gasteiger partial charge is 0.439 e. The second-order valence-corrected chi connectivity index (χ2v) is 13.6. The number of rotatable bonds is 3. The van der Waals surface area contributed by atoms with Gasteiger partial charge >= 0.3 is 0 Å². The lowest BCUT2D eigenvalue weighted by molar-refractivity contribution is 0.651. The second-order valence-electron chi connectivity index (χ2n) is 13.6. The maximum absolute atomic E-state index is 6.89. The van der Waals surface area contributed by atoms with Crippen molar-refractivity contribution in [3.63, 3.8) is 0 Å². The van der Waals surface area contributed by atoms with Gasteiger partial charge in [0.1, 0.15) is 5.58 Å². The molecule has 0 unspecified atom stereocenters. The van der Waals surface area contributed by atoms with Crippen molar-refractivity contribution in [2.75, 3.05) is 0 Å². The van der Waals surface area contributed by atoms with Crippen molar-refractivity contribution < 1.29 is 4.42 Å². The Morgan fingerprint density at radius 2 is 0.906 bits per heavy atom. The molecule has 5 aromatic heterocycles. The smallest absolute Gasteiger partial charge is 0.213 e. The summed E-state index contributed by atoms with van der Waals surface area (Å²) in [5, 5.41) is 7.82. The Morgan fingerprint density at radius 1 is 0.358 bits per heavy atom. The predicted molar refractivity (Wildman–Crippen MR) is 215 cm³/mol. The molecule has 12 aromatic rings. The fraction of sp³-hybridized carbons (Fsp3) is 0. The van der Waals surface area contributed by atoms with E-state index in [1.807, 2.05) is 42.5 Å². The van der Waals surface area contributed by atoms with E-state index in [2.05, 4.69) is 130 Å². The highest BCUT2D eigenvalue weighted by Crippen LogP contribution is 2.44. The Bertz CT molecular complexity index is 3390. The quantitative estimate of drug-likeness (QED) is 0.187. The van der Waals surface area contributed by atoms with E-state index in [-0.39, 0.29) is 0 Å². The van der Waals surface area contributed by atoms with Gasteiger partial charge in [0.05, 0.1) is 33.0 Å². The van der Waals surface area contributed by atoms with Crippen LogP contribution in [-0.2, 0) is 0 Å². The van der Waals surface area contributed by atoms with Gasteiger partial charge in [0, 0.05) is 49.0 Å². The second kappa shape index (κ2) is 10.6. The van der Waals surface area contributed by atoms with E-state index in [0.29, 0.717) is 17.5 Å². The lowest BCUT2D eigenvalue weighted by atomic mass is 10.0. The van der Waals surface area contributed by atoms with Crippen LogP contribution in [-0.4, -0.2) is 23.8 Å². The Morgan fingerprint density at radius 3 is 1.68 bits per heavy atom. The van der Waals surface area contributed by atoms with Gasteiger partial charge in [0.2, 0.25) is 5.71 Å². The standard InChI is InChI=1S/C47H27N5O/c1-3-14-28(15-4-1)44-48-45(29-16-5-2-6-17-29)50-46(49-44)35-23-13-25-37-40(35)33-21-11-22-34-41-32-19-8-10-27-39(32)53-47(41)52-36-24-9-7-18-30(36)31-20-12-26-38(43(31)52)51(37)42(33)34/h1-27H. The van der Waals surface area contributed by atoms with Crippen LogP contribution in [0.1, 0.15) is 0 Å². The molecule has 0 amide bonds. The van der Waals surface area contributed by atoms with Crippen LogP contribution in [0.5, 0.6) is 0 Å². The summed E-state index contributed by atoms with van der Waals surface area (Å²) in [6, 6.07) is 57.1. The van der Waals surface area contributed by atoms with Crippen LogP contribution >= 0.6 is 0 Å². The molecule has 0 N–H and O–H groups in total. The molecule has 12 rings (SSSR count). The van der Waals surface area contributed by atoms with Gasteiger partial charge in [0.15, 0.2) is 17.5 Å². The third kappa shape index (κ3) is 3.89. The number of hydrogen-bond donors (Lipinski definition) is 0. The lowest BCUT2D eigenvalue weighted by Crippen LogP contribution is -2.00. The molecule has 0 spiro atoms. The summed E-state index contributed by atoms with van der Waals surface area (Å²) in [6.45, 7) is 0. The van der Waals surface area contributed by atoms with Gasteiger partial charge in [-0.2, -0.15) is 0 Å². The first kappa shape index (κ1) is 28.4. The number of aromatic nitrogens is 5. The molecule has 7 aromatic carbocycles. The maximum atomic E-state index is 6.89. The Labute approximate surface area is 301 Å². The third-order valence-corrected chi connectivity index (χ3v) is 10.7. The molecule has 0 aliphatic carbocycles. The lowest BCUT2D eigenvalue weighted by Gasteiger charge is -2.09. The highest BCUT2D eigenvalue weighted by Gasteiger charge is 2.24. The van der Waals surface area contributed by atoms with Crippen LogP contribution in [0.3, 0.4) is 0 Å². The van der Waals surface area contributed by atoms with Crippen molar-refractivity contribution in [2.24, 2.45) is 0 Å². The minimum Gasteiger partial charge on any atom is -0.439 e. The Kier molecular flexibility index (Phi) is 5.68. The Hall–Kier alpha value is -7.31. The van der Waals surface area contributed by atoms with Gasteiger partial charge in [-0.15, -0.1) is 0 Å². The summed E-state index contributed by atoms with van der Waals surface area (Å²) in [5.74, 6) is 1.90. The van der Waals surface area contributed by atoms with E-state index >= 15 is 0 Å². The van der Waals surface area contributed by atoms with E-state index in [1.54, 1.807) is 0 Å². The first-order chi connectivity index (χ1) is 26.3. The molecule has 6 nitrogen and oxygen atoms in total. The molecule has 0 atom stereocenters. The molecule has 6 heteroatoms. The SMILES string of the molecule is c1ccc(-c2nc(-c3ccccc3)nc(-c3cccc4c3c3cccc5c6c7ccccc7oc6n6c7ccccc7c7cccc(c76)n4c35)n2)cc1. The molecule has 0 radical (unpaired) electrons. The number of para-hydroxylation sites is 4. The highest BCUT2D eigenvalue weighted by molar-refractivity contribution is 6.28. The van der Waals surface area contributed by atoms with E-state index in [0.717, 1.165) is 82.5 Å². The van der Waals surface area contributed by atoms with Crippen LogP contribution in [0.2, 0.25) is 0 Å². The van der Waals surface area contributed by atoms with Gasteiger partial charge in [-0.3, -0.25) is 4.40 Å². The first-order valence-electron chi connectivity index (χ1n) is 17.8. The van der Waals surface area contributed by atoms with Crippen LogP contribution in [0, 0.1) is 0 Å². The van der Waals surface area contributed by atoms with Gasteiger partial charge in [-0.25, -0.2) is 15.0 Å². The van der Waals surface area contributed by atoms with Crippen LogP contribution in [0.4, 0.5) is 0 Å². The van der Waals surface area contributed by atoms with E-state index in [1.165, 1.54) is 10.8 Å². The topological polar surface area (TPSA) is 60.6 Å². The molecule has 0 aliphatic rings. The summed E-state index contributed by atoms with van der Waals surface area (Å²) in [4.78, 5) is 15.4. The number of fused-ring (bicyclic) bond motifs is 12. The summed E-state index contributed by atoms with van der Waals surface area (Å²) in [7, 11) is 0. The summed E-state index contributed by atoms with van der Waals surface area (Å²) in [6.07, 6.45) is 0. The zero-order valence-electron chi connectivity index (χ0n) is 28.2. The van der Waals surface area contributed by atoms with Crippen molar-refractivity contribution in [2.45, 2.75) is 0 Å². The number of nitrogens with zero attached hydrogens (tertiary/aromatic N) is 5. The average Bonchev–Trinajstić information content (AvgIpc) is 3.88. The van der Waals surface area contributed by atoms with Gasteiger partial charge in [0.25, 0.3) is 0 Å². The molecular formula is C47H27N5O. The number of furan rings is 1. The minimum atomic E-state index is 0.629. The normalized spacial score (nSPS) is 12.2. The zero-order chi connectivity index (χ0) is 34.6. The highest BCUT2D eigenvalue weighted by atomic mass is 16.3. The maximum Gasteiger partial charge on any atom is 0.213 e. The van der Waals surface area contributed by atoms with Crippen LogP contribution in [0.25, 0.3) is 111 Å². The Balaban J connectivity index is 1.32. The predicted octanol–water partition coefficient (Wildman–Crippen LogP) is 11.9. The van der Waals surface area contributed by atoms with Crippen molar-refractivity contribution in [3.8, 4) is 34.2 Å². The van der Waals surface area contributed by atoms with Crippen molar-refractivity contribution in [3.05, 3.63) is 164 Å². The monoisotopic (exact) mass is 677 g/mol. The molecular weight excluding hydrogens is 651 g/mol. The number of benzene rings is 7. The van der Waals surface area contributed by atoms with Gasteiger partial charge in [-0.1, -0.05) is 140 Å². The molecule has 0 bridgehead atoms. The molecule has 0 saturated heterocycles. The summed E-state index contributed by atoms with van der Waals surface area (Å²) < 4.78 is 11.7. The fourth-order valence-corrected chi connectivity index (χ4v) is 8.53. The van der Waals surface area contributed by atoms with Crippen molar-refractivity contribution in [1.29, 1.82) is 0 Å². The van der Waals surface area contributed by atoms with Gasteiger partial charge in [-0.05, 0) is 24.3 Å². The summed E-state index contributed by atoms with van der Waals surface area (Å²) in [5.41, 5.74) is 10.00.